The first-order chi connectivity index (χ1) is 12.7. The second-order valence-electron chi connectivity index (χ2n) is 6.48. The highest BCUT2D eigenvalue weighted by Crippen LogP contribution is 2.22. The summed E-state index contributed by atoms with van der Waals surface area (Å²) in [7, 11) is -3.96. The van der Waals surface area contributed by atoms with Crippen LogP contribution in [-0.4, -0.2) is 37.4 Å². The van der Waals surface area contributed by atoms with Gasteiger partial charge in [0.2, 0.25) is 0 Å². The number of nitrogens with one attached hydrogen (secondary N) is 1. The molecular weight excluding hydrogens is 368 g/mol. The fraction of sp³-hybridized carbons (Fsp3) is 0.263. The standard InChI is InChI=1S/C19H20N2O5S/c1-12-8-10-15(11-9-12)27(24,25)26-14(3)13(2)20-21-18(22)16-6-4-5-7-17(16)19(21)23/h4-11,13-14,20H,1-3H3/t13-,14-/m0/s1. The summed E-state index contributed by atoms with van der Waals surface area (Å²) in [5.41, 5.74) is 4.30. The second kappa shape index (κ2) is 7.22. The van der Waals surface area contributed by atoms with Gasteiger partial charge in [0.25, 0.3) is 21.9 Å². The number of carbonyl (C=O) groups excluding carboxylic acids is 2. The van der Waals surface area contributed by atoms with Crippen molar-refractivity contribution in [1.82, 2.24) is 10.4 Å². The fourth-order valence-corrected chi connectivity index (χ4v) is 3.81. The Morgan fingerprint density at radius 2 is 1.44 bits per heavy atom. The summed E-state index contributed by atoms with van der Waals surface area (Å²) in [5, 5.41) is 0.897. The Labute approximate surface area is 158 Å². The van der Waals surface area contributed by atoms with Gasteiger partial charge < -0.3 is 0 Å². The van der Waals surface area contributed by atoms with Crippen LogP contribution in [0.3, 0.4) is 0 Å². The van der Waals surface area contributed by atoms with Crippen molar-refractivity contribution in [2.24, 2.45) is 0 Å². The number of carbonyl (C=O) groups is 2. The summed E-state index contributed by atoms with van der Waals surface area (Å²) in [5.74, 6) is -0.952. The first-order valence-electron chi connectivity index (χ1n) is 8.44. The minimum atomic E-state index is -3.96. The van der Waals surface area contributed by atoms with E-state index in [1.807, 2.05) is 6.92 Å². The van der Waals surface area contributed by atoms with Gasteiger partial charge in [-0.15, -0.1) is 0 Å². The van der Waals surface area contributed by atoms with Crippen LogP contribution in [0.2, 0.25) is 0 Å². The predicted octanol–water partition coefficient (Wildman–Crippen LogP) is 2.28. The van der Waals surface area contributed by atoms with E-state index in [0.717, 1.165) is 10.6 Å². The van der Waals surface area contributed by atoms with Crippen molar-refractivity contribution in [3.63, 3.8) is 0 Å². The Hall–Kier alpha value is -2.55. The van der Waals surface area contributed by atoms with Gasteiger partial charge in [0.1, 0.15) is 0 Å². The van der Waals surface area contributed by atoms with E-state index in [4.69, 9.17) is 4.18 Å². The third-order valence-electron chi connectivity index (χ3n) is 4.42. The van der Waals surface area contributed by atoms with E-state index in [1.54, 1.807) is 50.2 Å². The number of hydrogen-bond donors (Lipinski definition) is 1. The third kappa shape index (κ3) is 3.78. The van der Waals surface area contributed by atoms with Crippen molar-refractivity contribution in [2.75, 3.05) is 0 Å². The molecule has 2 amide bonds. The lowest BCUT2D eigenvalue weighted by Crippen LogP contribution is -2.51. The summed E-state index contributed by atoms with van der Waals surface area (Å²) in [6.45, 7) is 5.05. The smallest absolute Gasteiger partial charge is 0.267 e. The molecule has 142 valence electrons. The molecule has 0 radical (unpaired) electrons. The van der Waals surface area contributed by atoms with Crippen molar-refractivity contribution < 1.29 is 22.2 Å². The number of fused-ring (bicyclic) bond motifs is 1. The van der Waals surface area contributed by atoms with E-state index in [2.05, 4.69) is 5.43 Å². The highest BCUT2D eigenvalue weighted by molar-refractivity contribution is 7.86. The first-order valence-corrected chi connectivity index (χ1v) is 9.85. The van der Waals surface area contributed by atoms with Crippen LogP contribution in [0.25, 0.3) is 0 Å². The number of nitrogens with zero attached hydrogens (tertiary/aromatic N) is 1. The molecule has 7 nitrogen and oxygen atoms in total. The van der Waals surface area contributed by atoms with E-state index < -0.39 is 34.1 Å². The molecule has 0 saturated heterocycles. The highest BCUT2D eigenvalue weighted by Gasteiger charge is 2.37. The molecule has 0 unspecified atom stereocenters. The van der Waals surface area contributed by atoms with Gasteiger partial charge in [-0.1, -0.05) is 29.8 Å². The normalized spacial score (nSPS) is 16.3. The Bertz CT molecular complexity index is 950. The van der Waals surface area contributed by atoms with Gasteiger partial charge in [-0.2, -0.15) is 8.42 Å². The van der Waals surface area contributed by atoms with Crippen LogP contribution in [0.15, 0.2) is 53.4 Å². The summed E-state index contributed by atoms with van der Waals surface area (Å²) in [6, 6.07) is 12.2. The molecule has 1 heterocycles. The zero-order chi connectivity index (χ0) is 19.8. The topological polar surface area (TPSA) is 92.8 Å². The Balaban J connectivity index is 1.70. The van der Waals surface area contributed by atoms with Crippen molar-refractivity contribution in [3.05, 3.63) is 65.2 Å². The van der Waals surface area contributed by atoms with Crippen LogP contribution in [0.5, 0.6) is 0 Å². The Morgan fingerprint density at radius 1 is 0.926 bits per heavy atom. The maximum absolute atomic E-state index is 12.4. The molecule has 0 fully saturated rings. The fourth-order valence-electron chi connectivity index (χ4n) is 2.66. The summed E-state index contributed by atoms with van der Waals surface area (Å²) < 4.78 is 30.1. The molecular formula is C19H20N2O5S. The summed E-state index contributed by atoms with van der Waals surface area (Å²) >= 11 is 0. The highest BCUT2D eigenvalue weighted by atomic mass is 32.2. The van der Waals surface area contributed by atoms with Crippen LogP contribution in [0, 0.1) is 6.92 Å². The zero-order valence-electron chi connectivity index (χ0n) is 15.2. The molecule has 0 bridgehead atoms. The van der Waals surface area contributed by atoms with E-state index in [-0.39, 0.29) is 4.90 Å². The minimum absolute atomic E-state index is 0.0490. The second-order valence-corrected chi connectivity index (χ2v) is 8.05. The van der Waals surface area contributed by atoms with E-state index in [1.165, 1.54) is 12.1 Å². The van der Waals surface area contributed by atoms with Gasteiger partial charge in [0, 0.05) is 0 Å². The van der Waals surface area contributed by atoms with Crippen LogP contribution in [0.4, 0.5) is 0 Å². The molecule has 8 heteroatoms. The quantitative estimate of drug-likeness (QED) is 0.603. The molecule has 0 aliphatic carbocycles. The van der Waals surface area contributed by atoms with Gasteiger partial charge in [0.05, 0.1) is 28.2 Å². The number of hydrazine groups is 1. The molecule has 2 atom stereocenters. The van der Waals surface area contributed by atoms with E-state index in [9.17, 15) is 18.0 Å². The van der Waals surface area contributed by atoms with Crippen molar-refractivity contribution >= 4 is 21.9 Å². The van der Waals surface area contributed by atoms with Crippen LogP contribution >= 0.6 is 0 Å². The van der Waals surface area contributed by atoms with E-state index >= 15 is 0 Å². The predicted molar refractivity (Wildman–Crippen MR) is 98.5 cm³/mol. The molecule has 3 rings (SSSR count). The monoisotopic (exact) mass is 388 g/mol. The zero-order valence-corrected chi connectivity index (χ0v) is 16.0. The third-order valence-corrected chi connectivity index (χ3v) is 5.83. The first kappa shape index (κ1) is 19.2. The van der Waals surface area contributed by atoms with Crippen molar-refractivity contribution in [2.45, 2.75) is 37.8 Å². The maximum atomic E-state index is 12.4. The van der Waals surface area contributed by atoms with Crippen LogP contribution in [0.1, 0.15) is 40.1 Å². The Morgan fingerprint density at radius 3 is 1.96 bits per heavy atom. The van der Waals surface area contributed by atoms with E-state index in [0.29, 0.717) is 11.1 Å². The molecule has 27 heavy (non-hydrogen) atoms. The molecule has 2 aromatic carbocycles. The molecule has 0 aromatic heterocycles. The molecule has 1 N–H and O–H groups in total. The molecule has 1 aliphatic heterocycles. The average Bonchev–Trinajstić information content (AvgIpc) is 2.87. The SMILES string of the molecule is Cc1ccc(S(=O)(=O)O[C@@H](C)[C@H](C)NN2C(=O)c3ccccc3C2=O)cc1. The lowest BCUT2D eigenvalue weighted by atomic mass is 10.1. The number of benzene rings is 2. The maximum Gasteiger partial charge on any atom is 0.297 e. The van der Waals surface area contributed by atoms with Crippen molar-refractivity contribution in [3.8, 4) is 0 Å². The Kier molecular flexibility index (Phi) is 5.14. The van der Waals surface area contributed by atoms with Crippen LogP contribution < -0.4 is 5.43 Å². The van der Waals surface area contributed by atoms with Gasteiger partial charge in [-0.05, 0) is 45.0 Å². The largest absolute Gasteiger partial charge is 0.297 e. The molecule has 0 spiro atoms. The van der Waals surface area contributed by atoms with Gasteiger partial charge in [-0.3, -0.25) is 13.8 Å². The number of imide groups is 1. The minimum Gasteiger partial charge on any atom is -0.267 e. The average molecular weight is 388 g/mol. The lowest BCUT2D eigenvalue weighted by molar-refractivity contribution is 0.0481. The van der Waals surface area contributed by atoms with Gasteiger partial charge >= 0.3 is 0 Å². The number of amides is 2. The molecule has 2 aromatic rings. The van der Waals surface area contributed by atoms with Crippen LogP contribution in [-0.2, 0) is 14.3 Å². The van der Waals surface area contributed by atoms with Gasteiger partial charge in [-0.25, -0.2) is 10.4 Å². The van der Waals surface area contributed by atoms with Gasteiger partial charge in [0.15, 0.2) is 0 Å². The summed E-state index contributed by atoms with van der Waals surface area (Å²) in [4.78, 5) is 24.8. The molecule has 0 saturated carbocycles. The number of hydrogen-bond acceptors (Lipinski definition) is 6. The summed E-state index contributed by atoms with van der Waals surface area (Å²) in [6.07, 6.45) is -0.819. The number of aryl methyl sites for hydroxylation is 1. The lowest BCUT2D eigenvalue weighted by Gasteiger charge is -2.25. The number of rotatable bonds is 6. The van der Waals surface area contributed by atoms with Crippen molar-refractivity contribution in [1.29, 1.82) is 0 Å². The molecule has 1 aliphatic rings.